The normalized spacial score (nSPS) is 10.3. The first-order chi connectivity index (χ1) is 8.20. The molecule has 2 nitrogen and oxygen atoms in total. The summed E-state index contributed by atoms with van der Waals surface area (Å²) < 4.78 is 6.66. The van der Waals surface area contributed by atoms with Crippen molar-refractivity contribution in [3.8, 4) is 11.5 Å². The number of hydrogen-bond acceptors (Lipinski definition) is 2. The van der Waals surface area contributed by atoms with Gasteiger partial charge in [0.15, 0.2) is 0 Å². The molecule has 0 heterocycles. The van der Waals surface area contributed by atoms with Gasteiger partial charge in [0.2, 0.25) is 0 Å². The molecule has 0 atom stereocenters. The van der Waals surface area contributed by atoms with Crippen molar-refractivity contribution in [3.05, 3.63) is 57.5 Å². The predicted octanol–water partition coefficient (Wildman–Crippen LogP) is 4.39. The second kappa shape index (κ2) is 5.54. The molecule has 0 radical (unpaired) electrons. The highest BCUT2D eigenvalue weighted by molar-refractivity contribution is 9.10. The lowest BCUT2D eigenvalue weighted by atomic mass is 10.2. The fourth-order valence-electron chi connectivity index (χ4n) is 1.42. The van der Waals surface area contributed by atoms with Gasteiger partial charge in [-0.1, -0.05) is 33.6 Å². The molecule has 1 N–H and O–H groups in total. The van der Waals surface area contributed by atoms with Crippen LogP contribution in [0.25, 0.3) is 0 Å². The van der Waals surface area contributed by atoms with Gasteiger partial charge in [-0.15, -0.1) is 0 Å². The molecule has 0 saturated carbocycles. The summed E-state index contributed by atoms with van der Waals surface area (Å²) >= 11 is 9.33. The van der Waals surface area contributed by atoms with E-state index < -0.39 is 0 Å². The molecule has 0 aliphatic heterocycles. The first kappa shape index (κ1) is 12.4. The number of ether oxygens (including phenoxy) is 1. The quantitative estimate of drug-likeness (QED) is 0.911. The second-order valence-electron chi connectivity index (χ2n) is 3.43. The third-order valence-corrected chi connectivity index (χ3v) is 3.16. The van der Waals surface area contributed by atoms with Crippen molar-refractivity contribution >= 4 is 27.5 Å². The fourth-order valence-corrected chi connectivity index (χ4v) is 1.91. The number of hydrogen-bond donors (Lipinski definition) is 1. The standard InChI is InChI=1S/C13H10BrClO2/c14-9-4-6-10(7-5-9)17-13-3-1-2-12(15)11(13)8-16/h1-7,16H,8H2. The zero-order valence-corrected chi connectivity index (χ0v) is 11.2. The van der Waals surface area contributed by atoms with Gasteiger partial charge in [-0.2, -0.15) is 0 Å². The SMILES string of the molecule is OCc1c(Cl)cccc1Oc1ccc(Br)cc1. The molecule has 0 aliphatic rings. The van der Waals surface area contributed by atoms with Crippen molar-refractivity contribution < 1.29 is 9.84 Å². The number of aliphatic hydroxyl groups excluding tert-OH is 1. The zero-order valence-electron chi connectivity index (χ0n) is 8.86. The summed E-state index contributed by atoms with van der Waals surface area (Å²) in [5, 5.41) is 9.75. The van der Waals surface area contributed by atoms with Crippen molar-refractivity contribution in [2.75, 3.05) is 0 Å². The average Bonchev–Trinajstić information content (AvgIpc) is 2.32. The predicted molar refractivity (Wildman–Crippen MR) is 71.6 cm³/mol. The summed E-state index contributed by atoms with van der Waals surface area (Å²) in [6.07, 6.45) is 0. The van der Waals surface area contributed by atoms with E-state index in [0.717, 1.165) is 4.47 Å². The summed E-state index contributed by atoms with van der Waals surface area (Å²) in [4.78, 5) is 0. The Balaban J connectivity index is 2.29. The topological polar surface area (TPSA) is 29.5 Å². The third kappa shape index (κ3) is 3.00. The van der Waals surface area contributed by atoms with Crippen LogP contribution >= 0.6 is 27.5 Å². The molecule has 0 aromatic heterocycles. The summed E-state index contributed by atoms with van der Waals surface area (Å²) in [6.45, 7) is -0.147. The zero-order chi connectivity index (χ0) is 12.3. The van der Waals surface area contributed by atoms with Crippen molar-refractivity contribution in [2.24, 2.45) is 0 Å². The molecule has 2 aromatic carbocycles. The Bertz CT molecular complexity index is 511. The maximum Gasteiger partial charge on any atom is 0.134 e. The van der Waals surface area contributed by atoms with Crippen molar-refractivity contribution in [3.63, 3.8) is 0 Å². The monoisotopic (exact) mass is 312 g/mol. The molecule has 0 saturated heterocycles. The first-order valence-electron chi connectivity index (χ1n) is 5.02. The molecule has 0 amide bonds. The first-order valence-corrected chi connectivity index (χ1v) is 6.19. The van der Waals surface area contributed by atoms with Crippen molar-refractivity contribution in [2.45, 2.75) is 6.61 Å². The van der Waals surface area contributed by atoms with E-state index in [1.165, 1.54) is 0 Å². The number of aliphatic hydroxyl groups is 1. The Labute approximate surface area is 113 Å². The molecule has 17 heavy (non-hydrogen) atoms. The van der Waals surface area contributed by atoms with Gasteiger partial charge >= 0.3 is 0 Å². The van der Waals surface area contributed by atoms with Gasteiger partial charge in [0.25, 0.3) is 0 Å². The molecule has 0 aliphatic carbocycles. The molecule has 0 fully saturated rings. The molecular formula is C13H10BrClO2. The molecule has 0 unspecified atom stereocenters. The van der Waals surface area contributed by atoms with Crippen LogP contribution in [-0.2, 0) is 6.61 Å². The minimum Gasteiger partial charge on any atom is -0.457 e. The van der Waals surface area contributed by atoms with Crippen LogP contribution in [0, 0.1) is 0 Å². The van der Waals surface area contributed by atoms with Gasteiger partial charge in [0, 0.05) is 15.1 Å². The molecule has 2 rings (SSSR count). The van der Waals surface area contributed by atoms with Crippen LogP contribution in [0.2, 0.25) is 5.02 Å². The van der Waals surface area contributed by atoms with Crippen LogP contribution in [0.4, 0.5) is 0 Å². The average molecular weight is 314 g/mol. The van der Waals surface area contributed by atoms with E-state index in [1.807, 2.05) is 24.3 Å². The minimum atomic E-state index is -0.147. The summed E-state index contributed by atoms with van der Waals surface area (Å²) in [6, 6.07) is 12.7. The van der Waals surface area contributed by atoms with Crippen LogP contribution in [0.1, 0.15) is 5.56 Å². The Kier molecular flexibility index (Phi) is 4.05. The van der Waals surface area contributed by atoms with Crippen LogP contribution in [0.15, 0.2) is 46.9 Å². The Hall–Kier alpha value is -1.03. The maximum atomic E-state index is 9.25. The van der Waals surface area contributed by atoms with Gasteiger partial charge < -0.3 is 9.84 Å². The van der Waals surface area contributed by atoms with Crippen LogP contribution in [0.5, 0.6) is 11.5 Å². The van der Waals surface area contributed by atoms with Crippen molar-refractivity contribution in [1.29, 1.82) is 0 Å². The smallest absolute Gasteiger partial charge is 0.134 e. The highest BCUT2D eigenvalue weighted by Crippen LogP contribution is 2.30. The van der Waals surface area contributed by atoms with E-state index in [-0.39, 0.29) is 6.61 Å². The molecule has 0 spiro atoms. The van der Waals surface area contributed by atoms with E-state index >= 15 is 0 Å². The Morgan fingerprint density at radius 1 is 1.12 bits per heavy atom. The van der Waals surface area contributed by atoms with E-state index in [4.69, 9.17) is 16.3 Å². The van der Waals surface area contributed by atoms with E-state index in [9.17, 15) is 5.11 Å². The minimum absolute atomic E-state index is 0.147. The van der Waals surface area contributed by atoms with Gasteiger partial charge in [0.05, 0.1) is 6.61 Å². The van der Waals surface area contributed by atoms with Gasteiger partial charge in [-0.05, 0) is 36.4 Å². The maximum absolute atomic E-state index is 9.25. The number of benzene rings is 2. The molecular weight excluding hydrogens is 303 g/mol. The van der Waals surface area contributed by atoms with E-state index in [1.54, 1.807) is 18.2 Å². The van der Waals surface area contributed by atoms with Crippen LogP contribution in [-0.4, -0.2) is 5.11 Å². The Morgan fingerprint density at radius 2 is 1.82 bits per heavy atom. The lowest BCUT2D eigenvalue weighted by molar-refractivity contribution is 0.276. The lowest BCUT2D eigenvalue weighted by Crippen LogP contribution is -1.92. The summed E-state index contributed by atoms with van der Waals surface area (Å²) in [7, 11) is 0. The second-order valence-corrected chi connectivity index (χ2v) is 4.75. The third-order valence-electron chi connectivity index (χ3n) is 2.28. The van der Waals surface area contributed by atoms with E-state index in [2.05, 4.69) is 15.9 Å². The number of halogens is 2. The van der Waals surface area contributed by atoms with Gasteiger partial charge in [0.1, 0.15) is 11.5 Å². The fraction of sp³-hybridized carbons (Fsp3) is 0.0769. The summed E-state index contributed by atoms with van der Waals surface area (Å²) in [5.74, 6) is 1.27. The number of rotatable bonds is 3. The highest BCUT2D eigenvalue weighted by atomic mass is 79.9. The summed E-state index contributed by atoms with van der Waals surface area (Å²) in [5.41, 5.74) is 0.595. The Morgan fingerprint density at radius 3 is 2.47 bits per heavy atom. The van der Waals surface area contributed by atoms with Crippen LogP contribution in [0.3, 0.4) is 0 Å². The molecule has 4 heteroatoms. The largest absolute Gasteiger partial charge is 0.457 e. The molecule has 0 bridgehead atoms. The van der Waals surface area contributed by atoms with E-state index in [0.29, 0.717) is 22.1 Å². The van der Waals surface area contributed by atoms with Gasteiger partial charge in [-0.3, -0.25) is 0 Å². The van der Waals surface area contributed by atoms with Crippen LogP contribution < -0.4 is 4.74 Å². The van der Waals surface area contributed by atoms with Crippen molar-refractivity contribution in [1.82, 2.24) is 0 Å². The lowest BCUT2D eigenvalue weighted by Gasteiger charge is -2.10. The molecule has 2 aromatic rings. The molecule has 88 valence electrons. The highest BCUT2D eigenvalue weighted by Gasteiger charge is 2.07. The van der Waals surface area contributed by atoms with Gasteiger partial charge in [-0.25, -0.2) is 0 Å².